The van der Waals surface area contributed by atoms with Gasteiger partial charge in [0.1, 0.15) is 0 Å². The van der Waals surface area contributed by atoms with Gasteiger partial charge in [-0.25, -0.2) is 4.68 Å². The summed E-state index contributed by atoms with van der Waals surface area (Å²) in [4.78, 5) is 23.4. The van der Waals surface area contributed by atoms with Crippen molar-refractivity contribution in [1.29, 1.82) is 0 Å². The molecule has 1 amide bonds. The Morgan fingerprint density at radius 1 is 1.19 bits per heavy atom. The summed E-state index contributed by atoms with van der Waals surface area (Å²) in [5.41, 5.74) is 0.505. The van der Waals surface area contributed by atoms with Crippen LogP contribution < -0.4 is 25.1 Å². The molecule has 0 unspecified atom stereocenters. The second-order valence-corrected chi connectivity index (χ2v) is 5.17. The first-order chi connectivity index (χ1) is 12.6. The van der Waals surface area contributed by atoms with Crippen LogP contribution in [0.15, 0.2) is 41.3 Å². The molecule has 1 heterocycles. The molecular formula is C18H21N3O5. The molecule has 2 aromatic rings. The molecule has 0 saturated carbocycles. The van der Waals surface area contributed by atoms with Crippen molar-refractivity contribution in [2.45, 2.75) is 6.54 Å². The van der Waals surface area contributed by atoms with Crippen molar-refractivity contribution < 1.29 is 19.0 Å². The van der Waals surface area contributed by atoms with E-state index in [-0.39, 0.29) is 18.0 Å². The van der Waals surface area contributed by atoms with E-state index in [4.69, 9.17) is 14.2 Å². The third-order valence-electron chi connectivity index (χ3n) is 3.52. The van der Waals surface area contributed by atoms with E-state index in [0.717, 1.165) is 5.56 Å². The molecule has 138 valence electrons. The van der Waals surface area contributed by atoms with Crippen LogP contribution in [-0.2, 0) is 11.3 Å². The second kappa shape index (κ2) is 9.26. The summed E-state index contributed by atoms with van der Waals surface area (Å²) in [6, 6.07) is 6.45. The summed E-state index contributed by atoms with van der Waals surface area (Å²) in [6.07, 6.45) is 4.54. The summed E-state index contributed by atoms with van der Waals surface area (Å²) in [6.45, 7) is 0.582. The van der Waals surface area contributed by atoms with Crippen LogP contribution in [0.4, 0.5) is 0 Å². The van der Waals surface area contributed by atoms with Crippen LogP contribution in [0.3, 0.4) is 0 Å². The van der Waals surface area contributed by atoms with Crippen LogP contribution in [0.1, 0.15) is 5.56 Å². The zero-order chi connectivity index (χ0) is 18.9. The lowest BCUT2D eigenvalue weighted by molar-refractivity contribution is -0.116. The monoisotopic (exact) mass is 359 g/mol. The van der Waals surface area contributed by atoms with Gasteiger partial charge in [-0.05, 0) is 29.8 Å². The third-order valence-corrected chi connectivity index (χ3v) is 3.52. The smallest absolute Gasteiger partial charge is 0.266 e. The summed E-state index contributed by atoms with van der Waals surface area (Å²) >= 11 is 0. The lowest BCUT2D eigenvalue weighted by Crippen LogP contribution is -2.30. The number of nitrogens with one attached hydrogen (secondary N) is 1. The molecule has 0 radical (unpaired) electrons. The molecule has 1 aromatic heterocycles. The highest BCUT2D eigenvalue weighted by Gasteiger charge is 2.12. The van der Waals surface area contributed by atoms with Gasteiger partial charge < -0.3 is 19.5 Å². The predicted octanol–water partition coefficient (Wildman–Crippen LogP) is 1.10. The van der Waals surface area contributed by atoms with Gasteiger partial charge in [-0.3, -0.25) is 9.59 Å². The number of nitrogens with zero attached hydrogens (tertiary/aromatic N) is 2. The average Bonchev–Trinajstić information content (AvgIpc) is 2.66. The van der Waals surface area contributed by atoms with Gasteiger partial charge in [0.25, 0.3) is 5.56 Å². The van der Waals surface area contributed by atoms with Crippen LogP contribution in [0.2, 0.25) is 0 Å². The zero-order valence-corrected chi connectivity index (χ0v) is 14.9. The van der Waals surface area contributed by atoms with Crippen molar-refractivity contribution in [2.24, 2.45) is 0 Å². The van der Waals surface area contributed by atoms with Crippen LogP contribution in [0, 0.1) is 0 Å². The lowest BCUT2D eigenvalue weighted by Gasteiger charge is -2.12. The molecule has 2 rings (SSSR count). The van der Waals surface area contributed by atoms with E-state index < -0.39 is 0 Å². The molecular weight excluding hydrogens is 338 g/mol. The maximum Gasteiger partial charge on any atom is 0.266 e. The molecule has 0 saturated heterocycles. The Bertz CT molecular complexity index is 820. The van der Waals surface area contributed by atoms with Gasteiger partial charge in [0.2, 0.25) is 11.7 Å². The average molecular weight is 359 g/mol. The SMILES string of the molecule is COc1cc(/C=C/C(=O)NCCn2ncccc2=O)cc(OC)c1OC. The predicted molar refractivity (Wildman–Crippen MR) is 96.6 cm³/mol. The van der Waals surface area contributed by atoms with E-state index in [2.05, 4.69) is 10.4 Å². The van der Waals surface area contributed by atoms with E-state index in [9.17, 15) is 9.59 Å². The molecule has 8 heteroatoms. The van der Waals surface area contributed by atoms with Crippen LogP contribution in [-0.4, -0.2) is 43.6 Å². The number of amides is 1. The molecule has 0 fully saturated rings. The molecule has 0 spiro atoms. The van der Waals surface area contributed by atoms with Crippen molar-refractivity contribution in [3.63, 3.8) is 0 Å². The Labute approximate surface area is 151 Å². The first-order valence-corrected chi connectivity index (χ1v) is 7.87. The minimum atomic E-state index is -0.289. The highest BCUT2D eigenvalue weighted by molar-refractivity contribution is 5.91. The fourth-order valence-electron chi connectivity index (χ4n) is 2.27. The Morgan fingerprint density at radius 3 is 2.46 bits per heavy atom. The maximum absolute atomic E-state index is 11.9. The molecule has 0 aliphatic heterocycles. The maximum atomic E-state index is 11.9. The topological polar surface area (TPSA) is 91.7 Å². The van der Waals surface area contributed by atoms with Gasteiger partial charge >= 0.3 is 0 Å². The quantitative estimate of drug-likeness (QED) is 0.710. The van der Waals surface area contributed by atoms with Gasteiger partial charge in [-0.15, -0.1) is 0 Å². The molecule has 0 bridgehead atoms. The number of hydrogen-bond donors (Lipinski definition) is 1. The van der Waals surface area contributed by atoms with E-state index >= 15 is 0 Å². The lowest BCUT2D eigenvalue weighted by atomic mass is 10.1. The van der Waals surface area contributed by atoms with Crippen molar-refractivity contribution in [3.8, 4) is 17.2 Å². The molecule has 0 atom stereocenters. The summed E-state index contributed by atoms with van der Waals surface area (Å²) in [5.74, 6) is 1.20. The Hall–Kier alpha value is -3.29. The van der Waals surface area contributed by atoms with Gasteiger partial charge in [-0.2, -0.15) is 5.10 Å². The fraction of sp³-hybridized carbons (Fsp3) is 0.278. The molecule has 8 nitrogen and oxygen atoms in total. The Balaban J connectivity index is 1.99. The van der Waals surface area contributed by atoms with Crippen LogP contribution in [0.25, 0.3) is 6.08 Å². The summed E-state index contributed by atoms with van der Waals surface area (Å²) in [7, 11) is 4.57. The summed E-state index contributed by atoms with van der Waals surface area (Å²) < 4.78 is 17.1. The highest BCUT2D eigenvalue weighted by atomic mass is 16.5. The van der Waals surface area contributed by atoms with Gasteiger partial charge in [0.05, 0.1) is 27.9 Å². The van der Waals surface area contributed by atoms with E-state index in [1.54, 1.807) is 24.3 Å². The number of carbonyl (C=O) groups excluding carboxylic acids is 1. The van der Waals surface area contributed by atoms with Crippen molar-refractivity contribution >= 4 is 12.0 Å². The second-order valence-electron chi connectivity index (χ2n) is 5.17. The van der Waals surface area contributed by atoms with E-state index in [0.29, 0.717) is 23.8 Å². The van der Waals surface area contributed by atoms with Gasteiger partial charge in [-0.1, -0.05) is 0 Å². The minimum absolute atomic E-state index is 0.213. The largest absolute Gasteiger partial charge is 0.493 e. The first-order valence-electron chi connectivity index (χ1n) is 7.87. The number of methoxy groups -OCH3 is 3. The normalized spacial score (nSPS) is 10.6. The number of carbonyl (C=O) groups is 1. The van der Waals surface area contributed by atoms with Crippen LogP contribution in [0.5, 0.6) is 17.2 Å². The van der Waals surface area contributed by atoms with Gasteiger partial charge in [0.15, 0.2) is 11.5 Å². The first kappa shape index (κ1) is 19.0. The number of hydrogen-bond acceptors (Lipinski definition) is 6. The summed E-state index contributed by atoms with van der Waals surface area (Å²) in [5, 5.41) is 6.61. The molecule has 26 heavy (non-hydrogen) atoms. The Kier molecular flexibility index (Phi) is 6.78. The minimum Gasteiger partial charge on any atom is -0.493 e. The zero-order valence-electron chi connectivity index (χ0n) is 14.9. The fourth-order valence-corrected chi connectivity index (χ4v) is 2.27. The number of aromatic nitrogens is 2. The molecule has 1 N–H and O–H groups in total. The molecule has 0 aliphatic carbocycles. The Morgan fingerprint density at radius 2 is 1.88 bits per heavy atom. The van der Waals surface area contributed by atoms with E-state index in [1.807, 2.05) is 0 Å². The van der Waals surface area contributed by atoms with Crippen molar-refractivity contribution in [3.05, 3.63) is 52.5 Å². The van der Waals surface area contributed by atoms with E-state index in [1.165, 1.54) is 44.4 Å². The highest BCUT2D eigenvalue weighted by Crippen LogP contribution is 2.38. The number of rotatable bonds is 8. The number of benzene rings is 1. The standard InChI is InChI=1S/C18H21N3O5/c1-24-14-11-13(12-15(25-2)18(14)26-3)6-7-16(22)19-9-10-21-17(23)5-4-8-20-21/h4-8,11-12H,9-10H2,1-3H3,(H,19,22)/b7-6+. The van der Waals surface area contributed by atoms with Crippen molar-refractivity contribution in [2.75, 3.05) is 27.9 Å². The number of ether oxygens (including phenoxy) is 3. The van der Waals surface area contributed by atoms with Gasteiger partial charge in [0, 0.05) is 24.9 Å². The van der Waals surface area contributed by atoms with Crippen molar-refractivity contribution in [1.82, 2.24) is 15.1 Å². The molecule has 0 aliphatic rings. The molecule has 1 aromatic carbocycles. The third kappa shape index (κ3) is 4.85. The van der Waals surface area contributed by atoms with Crippen LogP contribution >= 0.6 is 0 Å².